The molecule has 8 nitrogen and oxygen atoms in total. The van der Waals surface area contributed by atoms with Crippen LogP contribution in [0.2, 0.25) is 0 Å². The van der Waals surface area contributed by atoms with E-state index in [0.717, 1.165) is 16.8 Å². The molecule has 9 heteroatoms. The van der Waals surface area contributed by atoms with Gasteiger partial charge in [0.1, 0.15) is 24.5 Å². The van der Waals surface area contributed by atoms with E-state index in [4.69, 9.17) is 4.74 Å². The molecule has 32 heavy (non-hydrogen) atoms. The summed E-state index contributed by atoms with van der Waals surface area (Å²) < 4.78 is 20.2. The van der Waals surface area contributed by atoms with E-state index in [-0.39, 0.29) is 11.7 Å². The molecular formula is C23H19FN6O2. The van der Waals surface area contributed by atoms with Gasteiger partial charge in [0.05, 0.1) is 11.4 Å². The van der Waals surface area contributed by atoms with E-state index in [9.17, 15) is 9.18 Å². The molecule has 1 aromatic heterocycles. The number of aromatic nitrogens is 4. The smallest absolute Gasteiger partial charge is 0.271 e. The molecule has 1 N–H and O–H groups in total. The molecule has 1 amide bonds. The second-order valence-electron chi connectivity index (χ2n) is 6.88. The highest BCUT2D eigenvalue weighted by Gasteiger charge is 2.06. The molecule has 4 rings (SSSR count). The quantitative estimate of drug-likeness (QED) is 0.358. The lowest BCUT2D eigenvalue weighted by molar-refractivity contribution is 0.0955. The van der Waals surface area contributed by atoms with Crippen molar-refractivity contribution >= 4 is 11.6 Å². The second-order valence-corrected chi connectivity index (χ2v) is 6.88. The third kappa shape index (κ3) is 5.20. The van der Waals surface area contributed by atoms with Gasteiger partial charge in [0, 0.05) is 5.56 Å². The maximum atomic E-state index is 13.0. The number of ether oxygens (including phenoxy) is 1. The zero-order valence-electron chi connectivity index (χ0n) is 17.1. The van der Waals surface area contributed by atoms with Crippen LogP contribution in [-0.4, -0.2) is 31.8 Å². The van der Waals surface area contributed by atoms with Crippen LogP contribution < -0.4 is 10.2 Å². The van der Waals surface area contributed by atoms with Crippen LogP contribution in [0.1, 0.15) is 28.4 Å². The Bertz CT molecular complexity index is 1210. The van der Waals surface area contributed by atoms with E-state index >= 15 is 0 Å². The van der Waals surface area contributed by atoms with Gasteiger partial charge in [-0.2, -0.15) is 5.10 Å². The molecule has 0 radical (unpaired) electrons. The SMILES string of the molecule is C/C(=N\NC(=O)c1ccc(OCc2ccc(F)cc2)cc1)c1ccc(-n2cnnn2)cc1. The number of rotatable bonds is 7. The van der Waals surface area contributed by atoms with Crippen molar-refractivity contribution in [3.8, 4) is 11.4 Å². The largest absolute Gasteiger partial charge is 0.489 e. The Balaban J connectivity index is 1.32. The normalized spacial score (nSPS) is 11.2. The minimum absolute atomic E-state index is 0.289. The predicted octanol–water partition coefficient (Wildman–Crippen LogP) is 3.53. The van der Waals surface area contributed by atoms with Gasteiger partial charge < -0.3 is 4.74 Å². The van der Waals surface area contributed by atoms with E-state index in [0.29, 0.717) is 23.6 Å². The first-order valence-corrected chi connectivity index (χ1v) is 9.74. The number of hydrogen-bond acceptors (Lipinski definition) is 6. The second kappa shape index (κ2) is 9.61. The van der Waals surface area contributed by atoms with Crippen LogP contribution in [0.4, 0.5) is 4.39 Å². The molecule has 4 aromatic rings. The molecule has 0 fully saturated rings. The summed E-state index contributed by atoms with van der Waals surface area (Å²) >= 11 is 0. The van der Waals surface area contributed by atoms with Crippen LogP contribution >= 0.6 is 0 Å². The molecule has 0 bridgehead atoms. The fourth-order valence-electron chi connectivity index (χ4n) is 2.85. The number of halogens is 1. The third-order valence-corrected chi connectivity index (χ3v) is 4.66. The summed E-state index contributed by atoms with van der Waals surface area (Å²) in [7, 11) is 0. The van der Waals surface area contributed by atoms with E-state index in [1.165, 1.54) is 18.5 Å². The van der Waals surface area contributed by atoms with Crippen LogP contribution in [0.3, 0.4) is 0 Å². The summed E-state index contributed by atoms with van der Waals surface area (Å²) in [5.74, 6) is -0.0173. The van der Waals surface area contributed by atoms with Crippen molar-refractivity contribution in [3.63, 3.8) is 0 Å². The van der Waals surface area contributed by atoms with Crippen molar-refractivity contribution in [3.05, 3.63) is 102 Å². The monoisotopic (exact) mass is 430 g/mol. The fraction of sp³-hybridized carbons (Fsp3) is 0.0870. The van der Waals surface area contributed by atoms with Gasteiger partial charge in [-0.15, -0.1) is 5.10 Å². The van der Waals surface area contributed by atoms with Gasteiger partial charge in [-0.3, -0.25) is 4.79 Å². The number of hydrazone groups is 1. The first kappa shape index (κ1) is 20.9. The van der Waals surface area contributed by atoms with Crippen molar-refractivity contribution < 1.29 is 13.9 Å². The Kier molecular flexibility index (Phi) is 6.26. The van der Waals surface area contributed by atoms with Crippen molar-refractivity contribution in [1.29, 1.82) is 0 Å². The standard InChI is InChI=1S/C23H19FN6O2/c1-16(18-4-10-21(11-5-18)30-15-25-28-29-30)26-27-23(31)19-6-12-22(13-7-19)32-14-17-2-8-20(24)9-3-17/h2-13,15H,14H2,1H3,(H,27,31)/b26-16+. The Morgan fingerprint density at radius 1 is 1.00 bits per heavy atom. The maximum Gasteiger partial charge on any atom is 0.271 e. The summed E-state index contributed by atoms with van der Waals surface area (Å²) in [6.07, 6.45) is 1.51. The molecular weight excluding hydrogens is 411 g/mol. The highest BCUT2D eigenvalue weighted by atomic mass is 19.1. The highest BCUT2D eigenvalue weighted by molar-refractivity contribution is 6.01. The summed E-state index contributed by atoms with van der Waals surface area (Å²) in [6, 6.07) is 20.3. The Morgan fingerprint density at radius 3 is 2.34 bits per heavy atom. The van der Waals surface area contributed by atoms with Gasteiger partial charge in [0.15, 0.2) is 0 Å². The van der Waals surface area contributed by atoms with Crippen molar-refractivity contribution in [1.82, 2.24) is 25.6 Å². The summed E-state index contributed by atoms with van der Waals surface area (Å²) in [6.45, 7) is 2.11. The minimum atomic E-state index is -0.334. The minimum Gasteiger partial charge on any atom is -0.489 e. The molecule has 160 valence electrons. The van der Waals surface area contributed by atoms with Crippen LogP contribution in [0.5, 0.6) is 5.75 Å². The Morgan fingerprint density at radius 2 is 1.69 bits per heavy atom. The molecule has 0 aliphatic carbocycles. The van der Waals surface area contributed by atoms with E-state index in [1.54, 1.807) is 48.0 Å². The topological polar surface area (TPSA) is 94.3 Å². The number of nitrogens with zero attached hydrogens (tertiary/aromatic N) is 5. The molecule has 3 aromatic carbocycles. The van der Waals surface area contributed by atoms with E-state index in [2.05, 4.69) is 26.1 Å². The van der Waals surface area contributed by atoms with Crippen molar-refractivity contribution in [2.24, 2.45) is 5.10 Å². The molecule has 1 heterocycles. The summed E-state index contributed by atoms with van der Waals surface area (Å²) in [4.78, 5) is 12.4. The average Bonchev–Trinajstić information content (AvgIpc) is 3.37. The summed E-state index contributed by atoms with van der Waals surface area (Å²) in [5, 5.41) is 15.2. The summed E-state index contributed by atoms with van der Waals surface area (Å²) in [5.41, 5.74) is 6.18. The molecule has 0 aliphatic rings. The molecule has 0 saturated heterocycles. The zero-order valence-corrected chi connectivity index (χ0v) is 17.1. The van der Waals surface area contributed by atoms with Crippen LogP contribution in [0.15, 0.2) is 84.2 Å². The zero-order chi connectivity index (χ0) is 22.3. The number of tetrazole rings is 1. The number of benzene rings is 3. The van der Waals surface area contributed by atoms with Gasteiger partial charge in [-0.1, -0.05) is 24.3 Å². The van der Waals surface area contributed by atoms with Gasteiger partial charge in [-0.25, -0.2) is 14.5 Å². The molecule has 0 saturated carbocycles. The first-order chi connectivity index (χ1) is 15.6. The lowest BCUT2D eigenvalue weighted by Gasteiger charge is -2.07. The van der Waals surface area contributed by atoms with E-state index < -0.39 is 0 Å². The predicted molar refractivity (Wildman–Crippen MR) is 116 cm³/mol. The molecule has 0 unspecified atom stereocenters. The van der Waals surface area contributed by atoms with Gasteiger partial charge >= 0.3 is 0 Å². The maximum absolute atomic E-state index is 13.0. The van der Waals surface area contributed by atoms with Crippen molar-refractivity contribution in [2.75, 3.05) is 0 Å². The van der Waals surface area contributed by atoms with Crippen molar-refractivity contribution in [2.45, 2.75) is 13.5 Å². The molecule has 0 spiro atoms. The van der Waals surface area contributed by atoms with Gasteiger partial charge in [-0.05, 0) is 77.0 Å². The molecule has 0 aliphatic heterocycles. The number of carbonyl (C=O) groups excluding carboxylic acids is 1. The van der Waals surface area contributed by atoms with Gasteiger partial charge in [0.2, 0.25) is 0 Å². The van der Waals surface area contributed by atoms with Crippen LogP contribution in [-0.2, 0) is 6.61 Å². The van der Waals surface area contributed by atoms with Crippen LogP contribution in [0.25, 0.3) is 5.69 Å². The van der Waals surface area contributed by atoms with E-state index in [1.807, 2.05) is 24.3 Å². The van der Waals surface area contributed by atoms with Crippen LogP contribution in [0, 0.1) is 5.82 Å². The Labute approximate surface area is 183 Å². The highest BCUT2D eigenvalue weighted by Crippen LogP contribution is 2.15. The number of carbonyl (C=O) groups is 1. The fourth-order valence-corrected chi connectivity index (χ4v) is 2.85. The molecule has 0 atom stereocenters. The number of hydrogen-bond donors (Lipinski definition) is 1. The first-order valence-electron chi connectivity index (χ1n) is 9.74. The number of amides is 1. The lowest BCUT2D eigenvalue weighted by Crippen LogP contribution is -2.19. The third-order valence-electron chi connectivity index (χ3n) is 4.66. The Hall–Kier alpha value is -4.40. The number of nitrogens with one attached hydrogen (secondary N) is 1. The average molecular weight is 430 g/mol. The lowest BCUT2D eigenvalue weighted by atomic mass is 10.1. The van der Waals surface area contributed by atoms with Gasteiger partial charge in [0.25, 0.3) is 5.91 Å².